The Hall–Kier alpha value is -1.99. The van der Waals surface area contributed by atoms with Gasteiger partial charge in [0.2, 0.25) is 5.91 Å². The number of carbonyl (C=O) groups is 2. The van der Waals surface area contributed by atoms with E-state index in [0.29, 0.717) is 18.7 Å². The number of carboxylic acid groups (broad SMARTS) is 1. The first-order valence-corrected chi connectivity index (χ1v) is 7.30. The standard InChI is InChI=1S/C13H21N5O3/c1-9(11-15-17-18-16-11)14-10(19)8-13(12(20)21)6-4-2-3-5-7-13/h9H,2-8H2,1H3,(H,14,19)(H,20,21)(H,15,16,17,18). The lowest BCUT2D eigenvalue weighted by Gasteiger charge is -2.27. The van der Waals surface area contributed by atoms with Gasteiger partial charge in [0.05, 0.1) is 11.5 Å². The van der Waals surface area contributed by atoms with E-state index in [1.807, 2.05) is 0 Å². The van der Waals surface area contributed by atoms with Gasteiger partial charge in [0.15, 0.2) is 5.82 Å². The molecule has 3 N–H and O–H groups in total. The lowest BCUT2D eigenvalue weighted by molar-refractivity contribution is -0.153. The molecule has 116 valence electrons. The van der Waals surface area contributed by atoms with E-state index in [9.17, 15) is 14.7 Å². The molecule has 0 radical (unpaired) electrons. The topological polar surface area (TPSA) is 121 Å². The van der Waals surface area contributed by atoms with Crippen molar-refractivity contribution in [2.75, 3.05) is 0 Å². The smallest absolute Gasteiger partial charge is 0.310 e. The first-order valence-electron chi connectivity index (χ1n) is 7.30. The quantitative estimate of drug-likeness (QED) is 0.702. The van der Waals surface area contributed by atoms with Crippen molar-refractivity contribution in [2.45, 2.75) is 57.9 Å². The molecule has 0 spiro atoms. The minimum absolute atomic E-state index is 0.00449. The summed E-state index contributed by atoms with van der Waals surface area (Å²) in [7, 11) is 0. The molecule has 1 saturated carbocycles. The number of amides is 1. The number of tetrazole rings is 1. The fourth-order valence-electron chi connectivity index (χ4n) is 2.89. The first-order chi connectivity index (χ1) is 10.0. The van der Waals surface area contributed by atoms with Crippen LogP contribution < -0.4 is 5.32 Å². The fraction of sp³-hybridized carbons (Fsp3) is 0.769. The molecule has 2 rings (SSSR count). The Bertz CT molecular complexity index is 480. The minimum atomic E-state index is -0.933. The van der Waals surface area contributed by atoms with E-state index in [1.165, 1.54) is 0 Å². The van der Waals surface area contributed by atoms with Crippen LogP contribution in [0.25, 0.3) is 0 Å². The van der Waals surface area contributed by atoms with Crippen LogP contribution in [0.5, 0.6) is 0 Å². The normalized spacial score (nSPS) is 19.5. The van der Waals surface area contributed by atoms with Crippen molar-refractivity contribution in [2.24, 2.45) is 5.41 Å². The van der Waals surface area contributed by atoms with Crippen LogP contribution >= 0.6 is 0 Å². The van der Waals surface area contributed by atoms with Gasteiger partial charge in [-0.25, -0.2) is 0 Å². The van der Waals surface area contributed by atoms with Crippen molar-refractivity contribution >= 4 is 11.9 Å². The van der Waals surface area contributed by atoms with Gasteiger partial charge in [-0.05, 0) is 19.8 Å². The summed E-state index contributed by atoms with van der Waals surface area (Å²) in [5.41, 5.74) is -0.933. The summed E-state index contributed by atoms with van der Waals surface area (Å²) in [5, 5.41) is 25.7. The Balaban J connectivity index is 1.99. The molecule has 1 aliphatic rings. The number of aromatic amines is 1. The number of aromatic nitrogens is 4. The summed E-state index contributed by atoms with van der Waals surface area (Å²) in [6, 6.07) is -0.395. The minimum Gasteiger partial charge on any atom is -0.481 e. The highest BCUT2D eigenvalue weighted by Crippen LogP contribution is 2.38. The van der Waals surface area contributed by atoms with Crippen LogP contribution in [-0.2, 0) is 9.59 Å². The van der Waals surface area contributed by atoms with Crippen LogP contribution in [-0.4, -0.2) is 37.6 Å². The number of rotatable bonds is 5. The number of carbonyl (C=O) groups excluding carboxylic acids is 1. The number of aliphatic carboxylic acids is 1. The summed E-state index contributed by atoms with van der Waals surface area (Å²) >= 11 is 0. The Kier molecular flexibility index (Phi) is 4.87. The highest BCUT2D eigenvalue weighted by Gasteiger charge is 2.40. The van der Waals surface area contributed by atoms with Crippen LogP contribution in [0.1, 0.15) is 63.7 Å². The van der Waals surface area contributed by atoms with Crippen molar-refractivity contribution < 1.29 is 14.7 Å². The number of carboxylic acids is 1. The van der Waals surface area contributed by atoms with Gasteiger partial charge in [-0.3, -0.25) is 9.59 Å². The Labute approximate surface area is 122 Å². The summed E-state index contributed by atoms with van der Waals surface area (Å²) in [5.74, 6) is -0.767. The third kappa shape index (κ3) is 3.77. The first kappa shape index (κ1) is 15.4. The summed E-state index contributed by atoms with van der Waals surface area (Å²) in [6.45, 7) is 1.74. The summed E-state index contributed by atoms with van der Waals surface area (Å²) < 4.78 is 0. The van der Waals surface area contributed by atoms with E-state index in [2.05, 4.69) is 25.9 Å². The Morgan fingerprint density at radius 2 is 2.00 bits per heavy atom. The zero-order chi connectivity index (χ0) is 15.3. The third-order valence-electron chi connectivity index (χ3n) is 4.14. The molecule has 8 nitrogen and oxygen atoms in total. The molecular weight excluding hydrogens is 274 g/mol. The van der Waals surface area contributed by atoms with Crippen molar-refractivity contribution in [1.29, 1.82) is 0 Å². The molecule has 1 aliphatic carbocycles. The molecule has 0 aromatic carbocycles. The number of hydrogen-bond acceptors (Lipinski definition) is 5. The second-order valence-electron chi connectivity index (χ2n) is 5.74. The van der Waals surface area contributed by atoms with E-state index < -0.39 is 17.4 Å². The number of H-pyrrole nitrogens is 1. The largest absolute Gasteiger partial charge is 0.481 e. The Morgan fingerprint density at radius 1 is 1.33 bits per heavy atom. The molecule has 0 aliphatic heterocycles. The molecular formula is C13H21N5O3. The predicted molar refractivity (Wildman–Crippen MR) is 73.1 cm³/mol. The number of nitrogens with one attached hydrogen (secondary N) is 2. The van der Waals surface area contributed by atoms with Crippen LogP contribution in [0.4, 0.5) is 0 Å². The zero-order valence-corrected chi connectivity index (χ0v) is 12.1. The van der Waals surface area contributed by atoms with Gasteiger partial charge >= 0.3 is 5.97 Å². The lowest BCUT2D eigenvalue weighted by Crippen LogP contribution is -2.38. The van der Waals surface area contributed by atoms with Crippen LogP contribution in [0.15, 0.2) is 0 Å². The molecule has 21 heavy (non-hydrogen) atoms. The van der Waals surface area contributed by atoms with Crippen LogP contribution in [0.3, 0.4) is 0 Å². The van der Waals surface area contributed by atoms with E-state index in [-0.39, 0.29) is 12.3 Å². The van der Waals surface area contributed by atoms with Crippen molar-refractivity contribution in [3.8, 4) is 0 Å². The molecule has 0 bridgehead atoms. The Morgan fingerprint density at radius 3 is 2.52 bits per heavy atom. The molecule has 1 heterocycles. The fourth-order valence-corrected chi connectivity index (χ4v) is 2.89. The van der Waals surface area contributed by atoms with E-state index >= 15 is 0 Å². The van der Waals surface area contributed by atoms with Crippen LogP contribution in [0, 0.1) is 5.41 Å². The highest BCUT2D eigenvalue weighted by atomic mass is 16.4. The van der Waals surface area contributed by atoms with E-state index in [0.717, 1.165) is 25.7 Å². The highest BCUT2D eigenvalue weighted by molar-refractivity contribution is 5.85. The lowest BCUT2D eigenvalue weighted by atomic mass is 9.77. The number of nitrogens with zero attached hydrogens (tertiary/aromatic N) is 3. The SMILES string of the molecule is CC(NC(=O)CC1(C(=O)O)CCCCCC1)c1nn[nH]n1. The van der Waals surface area contributed by atoms with Crippen molar-refractivity contribution in [3.05, 3.63) is 5.82 Å². The second kappa shape index (κ2) is 6.64. The van der Waals surface area contributed by atoms with Gasteiger partial charge in [0.1, 0.15) is 0 Å². The molecule has 1 aromatic rings. The maximum atomic E-state index is 12.2. The van der Waals surface area contributed by atoms with Gasteiger partial charge in [0.25, 0.3) is 0 Å². The second-order valence-corrected chi connectivity index (χ2v) is 5.74. The average Bonchev–Trinajstić information content (AvgIpc) is 2.86. The molecule has 1 atom stereocenters. The molecule has 1 fully saturated rings. The van der Waals surface area contributed by atoms with E-state index in [4.69, 9.17) is 0 Å². The van der Waals surface area contributed by atoms with Gasteiger partial charge in [-0.2, -0.15) is 5.21 Å². The van der Waals surface area contributed by atoms with Gasteiger partial charge < -0.3 is 10.4 Å². The van der Waals surface area contributed by atoms with Gasteiger partial charge in [-0.15, -0.1) is 10.2 Å². The van der Waals surface area contributed by atoms with E-state index in [1.54, 1.807) is 6.92 Å². The maximum absolute atomic E-state index is 12.2. The molecule has 1 unspecified atom stereocenters. The zero-order valence-electron chi connectivity index (χ0n) is 12.1. The summed E-state index contributed by atoms with van der Waals surface area (Å²) in [4.78, 5) is 23.8. The van der Waals surface area contributed by atoms with Crippen LogP contribution in [0.2, 0.25) is 0 Å². The molecule has 1 amide bonds. The number of hydrogen-bond donors (Lipinski definition) is 3. The molecule has 8 heteroatoms. The van der Waals surface area contributed by atoms with Crippen molar-refractivity contribution in [1.82, 2.24) is 25.9 Å². The average molecular weight is 295 g/mol. The molecule has 0 saturated heterocycles. The van der Waals surface area contributed by atoms with Gasteiger partial charge in [0, 0.05) is 6.42 Å². The maximum Gasteiger partial charge on any atom is 0.310 e. The molecule has 1 aromatic heterocycles. The predicted octanol–water partition coefficient (Wildman–Crippen LogP) is 1.19. The van der Waals surface area contributed by atoms with Gasteiger partial charge in [-0.1, -0.05) is 30.9 Å². The monoisotopic (exact) mass is 295 g/mol. The van der Waals surface area contributed by atoms with Crippen molar-refractivity contribution in [3.63, 3.8) is 0 Å². The third-order valence-corrected chi connectivity index (χ3v) is 4.14. The summed E-state index contributed by atoms with van der Waals surface area (Å²) in [6.07, 6.45) is 4.93.